The van der Waals surface area contributed by atoms with Crippen molar-refractivity contribution in [3.63, 3.8) is 0 Å². The van der Waals surface area contributed by atoms with E-state index in [9.17, 15) is 4.79 Å². The number of ether oxygens (including phenoxy) is 2. The molecule has 142 valence electrons. The summed E-state index contributed by atoms with van der Waals surface area (Å²) in [5, 5.41) is 8.47. The topological polar surface area (TPSA) is 91.2 Å². The first-order chi connectivity index (χ1) is 12.4. The number of esters is 1. The zero-order valence-corrected chi connectivity index (χ0v) is 15.9. The molecule has 26 heavy (non-hydrogen) atoms. The molecule has 1 N–H and O–H groups in total. The van der Waals surface area contributed by atoms with Gasteiger partial charge in [0.2, 0.25) is 0 Å². The summed E-state index contributed by atoms with van der Waals surface area (Å²) in [4.78, 5) is 20.1. The molecule has 0 amide bonds. The summed E-state index contributed by atoms with van der Waals surface area (Å²) >= 11 is 0. The molecule has 1 aliphatic heterocycles. The molecule has 2 aromatic rings. The van der Waals surface area contributed by atoms with Crippen molar-refractivity contribution in [2.24, 2.45) is 11.3 Å². The number of methoxy groups -OCH3 is 1. The van der Waals surface area contributed by atoms with E-state index in [4.69, 9.17) is 9.47 Å². The second-order valence-electron chi connectivity index (χ2n) is 7.78. The molecule has 8 heteroatoms. The lowest BCUT2D eigenvalue weighted by atomic mass is 9.78. The van der Waals surface area contributed by atoms with Gasteiger partial charge in [-0.25, -0.2) is 14.6 Å². The molecule has 2 unspecified atom stereocenters. The van der Waals surface area contributed by atoms with Gasteiger partial charge in [-0.2, -0.15) is 5.10 Å². The Morgan fingerprint density at radius 1 is 1.42 bits per heavy atom. The van der Waals surface area contributed by atoms with E-state index >= 15 is 0 Å². The standard InChI is InChI=1S/C18H27N5O3/c1-18(2,3)15-12(6-5-7-26-15)8-19-16-13-9-22-23(10-14(24)25-4)17(13)21-11-20-16/h9,11-12,15H,5-8,10H2,1-4H3,(H,19,20,21). The Morgan fingerprint density at radius 2 is 2.23 bits per heavy atom. The first-order valence-electron chi connectivity index (χ1n) is 8.99. The van der Waals surface area contributed by atoms with Crippen LogP contribution in [0.1, 0.15) is 33.6 Å². The fraction of sp³-hybridized carbons (Fsp3) is 0.667. The van der Waals surface area contributed by atoms with Gasteiger partial charge < -0.3 is 14.8 Å². The number of rotatable bonds is 5. The van der Waals surface area contributed by atoms with E-state index in [1.165, 1.54) is 18.1 Å². The van der Waals surface area contributed by atoms with Gasteiger partial charge in [0.15, 0.2) is 5.65 Å². The molecule has 0 aromatic carbocycles. The number of nitrogens with zero attached hydrogens (tertiary/aromatic N) is 4. The molecule has 1 fully saturated rings. The lowest BCUT2D eigenvalue weighted by Gasteiger charge is -2.40. The molecule has 0 saturated carbocycles. The number of fused-ring (bicyclic) bond motifs is 1. The van der Waals surface area contributed by atoms with Crippen LogP contribution >= 0.6 is 0 Å². The second-order valence-corrected chi connectivity index (χ2v) is 7.78. The van der Waals surface area contributed by atoms with E-state index < -0.39 is 0 Å². The van der Waals surface area contributed by atoms with Crippen molar-refractivity contribution in [2.45, 2.75) is 46.3 Å². The summed E-state index contributed by atoms with van der Waals surface area (Å²) in [6.45, 7) is 8.28. The third-order valence-corrected chi connectivity index (χ3v) is 4.77. The van der Waals surface area contributed by atoms with Crippen molar-refractivity contribution in [1.82, 2.24) is 19.7 Å². The lowest BCUT2D eigenvalue weighted by Crippen LogP contribution is -2.42. The third-order valence-electron chi connectivity index (χ3n) is 4.77. The number of hydrogen-bond donors (Lipinski definition) is 1. The summed E-state index contributed by atoms with van der Waals surface area (Å²) in [6.07, 6.45) is 5.58. The van der Waals surface area contributed by atoms with Gasteiger partial charge in [-0.1, -0.05) is 20.8 Å². The number of carbonyl (C=O) groups excluding carboxylic acids is 1. The molecule has 8 nitrogen and oxygen atoms in total. The predicted molar refractivity (Wildman–Crippen MR) is 97.7 cm³/mol. The minimum Gasteiger partial charge on any atom is -0.468 e. The van der Waals surface area contributed by atoms with Crippen LogP contribution in [0.5, 0.6) is 0 Å². The highest BCUT2D eigenvalue weighted by Gasteiger charge is 2.35. The van der Waals surface area contributed by atoms with E-state index in [0.717, 1.165) is 37.2 Å². The molecule has 3 heterocycles. The van der Waals surface area contributed by atoms with Crippen LogP contribution in [0.2, 0.25) is 0 Å². The Labute approximate surface area is 153 Å². The first kappa shape index (κ1) is 18.6. The maximum atomic E-state index is 11.5. The molecule has 3 rings (SSSR count). The first-order valence-corrected chi connectivity index (χ1v) is 8.99. The van der Waals surface area contributed by atoms with Gasteiger partial charge in [-0.15, -0.1) is 0 Å². The minimum absolute atomic E-state index is 0.0268. The Balaban J connectivity index is 1.75. The van der Waals surface area contributed by atoms with Gasteiger partial charge >= 0.3 is 5.97 Å². The largest absolute Gasteiger partial charge is 0.468 e. The molecular formula is C18H27N5O3. The Morgan fingerprint density at radius 3 is 2.96 bits per heavy atom. The van der Waals surface area contributed by atoms with E-state index in [-0.39, 0.29) is 24.0 Å². The number of carbonyl (C=O) groups is 1. The van der Waals surface area contributed by atoms with Gasteiger partial charge in [-0.3, -0.25) is 4.79 Å². The maximum absolute atomic E-state index is 11.5. The van der Waals surface area contributed by atoms with Gasteiger partial charge in [0.25, 0.3) is 0 Å². The van der Waals surface area contributed by atoms with Crippen molar-refractivity contribution in [3.8, 4) is 0 Å². The lowest BCUT2D eigenvalue weighted by molar-refractivity contribution is -0.141. The van der Waals surface area contributed by atoms with Crippen molar-refractivity contribution >= 4 is 22.8 Å². The monoisotopic (exact) mass is 361 g/mol. The average Bonchev–Trinajstić information content (AvgIpc) is 3.03. The molecule has 2 aromatic heterocycles. The third kappa shape index (κ3) is 3.95. The van der Waals surface area contributed by atoms with Gasteiger partial charge in [-0.05, 0) is 18.3 Å². The molecule has 0 spiro atoms. The van der Waals surface area contributed by atoms with E-state index in [2.05, 4.69) is 41.2 Å². The fourth-order valence-corrected chi connectivity index (χ4v) is 3.57. The van der Waals surface area contributed by atoms with Crippen LogP contribution in [0.3, 0.4) is 0 Å². The molecule has 1 saturated heterocycles. The van der Waals surface area contributed by atoms with Crippen LogP contribution in [0.25, 0.3) is 11.0 Å². The minimum atomic E-state index is -0.365. The van der Waals surface area contributed by atoms with Crippen molar-refractivity contribution in [2.75, 3.05) is 25.6 Å². The van der Waals surface area contributed by atoms with E-state index in [1.807, 2.05) is 0 Å². The number of anilines is 1. The zero-order valence-electron chi connectivity index (χ0n) is 15.9. The molecular weight excluding hydrogens is 334 g/mol. The molecule has 0 aliphatic carbocycles. The maximum Gasteiger partial charge on any atom is 0.327 e. The van der Waals surface area contributed by atoms with Crippen LogP contribution in [0.15, 0.2) is 12.5 Å². The predicted octanol–water partition coefficient (Wildman–Crippen LogP) is 2.25. The number of aromatic nitrogens is 4. The van der Waals surface area contributed by atoms with Gasteiger partial charge in [0.1, 0.15) is 18.7 Å². The van der Waals surface area contributed by atoms with Crippen LogP contribution in [0, 0.1) is 11.3 Å². The molecule has 2 atom stereocenters. The van der Waals surface area contributed by atoms with Crippen molar-refractivity contribution < 1.29 is 14.3 Å². The second kappa shape index (κ2) is 7.57. The summed E-state index contributed by atoms with van der Waals surface area (Å²) in [5.74, 6) is 0.777. The molecule has 0 bridgehead atoms. The molecule has 0 radical (unpaired) electrons. The Hall–Kier alpha value is -2.22. The fourth-order valence-electron chi connectivity index (χ4n) is 3.57. The van der Waals surface area contributed by atoms with E-state index in [1.54, 1.807) is 6.20 Å². The summed E-state index contributed by atoms with van der Waals surface area (Å²) in [5.41, 5.74) is 0.708. The zero-order chi connectivity index (χ0) is 18.7. The Kier molecular flexibility index (Phi) is 5.41. The van der Waals surface area contributed by atoms with Gasteiger partial charge in [0.05, 0.1) is 24.8 Å². The number of nitrogens with one attached hydrogen (secondary N) is 1. The van der Waals surface area contributed by atoms with Crippen molar-refractivity contribution in [1.29, 1.82) is 0 Å². The van der Waals surface area contributed by atoms with E-state index in [0.29, 0.717) is 11.6 Å². The average molecular weight is 361 g/mol. The van der Waals surface area contributed by atoms with Gasteiger partial charge in [0, 0.05) is 19.1 Å². The summed E-state index contributed by atoms with van der Waals surface area (Å²) in [7, 11) is 1.36. The highest BCUT2D eigenvalue weighted by atomic mass is 16.5. The molecule has 1 aliphatic rings. The van der Waals surface area contributed by atoms with Crippen LogP contribution in [-0.2, 0) is 20.8 Å². The van der Waals surface area contributed by atoms with Crippen molar-refractivity contribution in [3.05, 3.63) is 12.5 Å². The van der Waals surface area contributed by atoms with Crippen LogP contribution in [0.4, 0.5) is 5.82 Å². The number of hydrogen-bond acceptors (Lipinski definition) is 7. The van der Waals surface area contributed by atoms with Crippen LogP contribution in [-0.4, -0.2) is 52.1 Å². The normalized spacial score (nSPS) is 20.9. The summed E-state index contributed by atoms with van der Waals surface area (Å²) in [6, 6.07) is 0. The SMILES string of the molecule is COC(=O)Cn1ncc2c(NCC3CCCOC3C(C)(C)C)ncnc21. The summed E-state index contributed by atoms with van der Waals surface area (Å²) < 4.78 is 12.3. The highest BCUT2D eigenvalue weighted by molar-refractivity contribution is 5.86. The Bertz CT molecular complexity index is 768. The van der Waals surface area contributed by atoms with Crippen LogP contribution < -0.4 is 5.32 Å². The quantitative estimate of drug-likeness (QED) is 0.817. The highest BCUT2D eigenvalue weighted by Crippen LogP contribution is 2.34. The smallest absolute Gasteiger partial charge is 0.327 e.